The standard InChI is InChI=1S/C25H30ClN5O6S/c1-6-15(3)27-24(32)23-17(5)25(30(28-23)19-10-8-9-18(26)13-19)37-21-12-11-20(31(33)34)14-22(21)38(35,36)29-16(4)7-2/h8-16,29H,6-7H2,1-5H3,(H,27,32)/t15-,16+/m0/s1. The Labute approximate surface area is 226 Å². The van der Waals surface area contributed by atoms with Crippen LogP contribution in [0.5, 0.6) is 11.6 Å². The van der Waals surface area contributed by atoms with E-state index >= 15 is 0 Å². The largest absolute Gasteiger partial charge is 0.437 e. The predicted octanol–water partition coefficient (Wildman–Crippen LogP) is 5.14. The number of hydrogen-bond acceptors (Lipinski definition) is 7. The van der Waals surface area contributed by atoms with E-state index in [9.17, 15) is 23.3 Å². The van der Waals surface area contributed by atoms with Crippen LogP contribution >= 0.6 is 11.6 Å². The second-order valence-corrected chi connectivity index (χ2v) is 11.0. The van der Waals surface area contributed by atoms with Crippen molar-refractivity contribution in [3.8, 4) is 17.3 Å². The van der Waals surface area contributed by atoms with Gasteiger partial charge >= 0.3 is 0 Å². The minimum Gasteiger partial charge on any atom is -0.437 e. The number of rotatable bonds is 11. The van der Waals surface area contributed by atoms with Crippen LogP contribution in [-0.2, 0) is 10.0 Å². The Morgan fingerprint density at radius 3 is 2.45 bits per heavy atom. The fourth-order valence-electron chi connectivity index (χ4n) is 3.41. The van der Waals surface area contributed by atoms with Crippen LogP contribution in [0.15, 0.2) is 47.4 Å². The molecular formula is C25H30ClN5O6S. The minimum atomic E-state index is -4.21. The van der Waals surface area contributed by atoms with E-state index in [1.807, 2.05) is 13.8 Å². The van der Waals surface area contributed by atoms with Crippen LogP contribution in [0.3, 0.4) is 0 Å². The number of benzene rings is 2. The van der Waals surface area contributed by atoms with E-state index in [2.05, 4.69) is 15.1 Å². The van der Waals surface area contributed by atoms with Crippen LogP contribution in [0, 0.1) is 17.0 Å². The van der Waals surface area contributed by atoms with Crippen molar-refractivity contribution in [2.75, 3.05) is 0 Å². The highest BCUT2D eigenvalue weighted by molar-refractivity contribution is 7.89. The molecule has 11 nitrogen and oxygen atoms in total. The molecule has 2 aromatic carbocycles. The summed E-state index contributed by atoms with van der Waals surface area (Å²) in [5.41, 5.74) is 0.449. The van der Waals surface area contributed by atoms with E-state index < -0.39 is 37.5 Å². The summed E-state index contributed by atoms with van der Waals surface area (Å²) in [6, 6.07) is 9.40. The van der Waals surface area contributed by atoms with Crippen molar-refractivity contribution < 1.29 is 22.9 Å². The van der Waals surface area contributed by atoms with Crippen molar-refractivity contribution >= 4 is 33.2 Å². The minimum absolute atomic E-state index is 0.0513. The maximum Gasteiger partial charge on any atom is 0.272 e. The average Bonchev–Trinajstić information content (AvgIpc) is 3.19. The van der Waals surface area contributed by atoms with Gasteiger partial charge in [0.25, 0.3) is 11.6 Å². The van der Waals surface area contributed by atoms with Crippen molar-refractivity contribution in [3.05, 3.63) is 68.9 Å². The van der Waals surface area contributed by atoms with Crippen LogP contribution in [0.2, 0.25) is 5.02 Å². The highest BCUT2D eigenvalue weighted by Gasteiger charge is 2.28. The number of non-ortho nitro benzene ring substituents is 1. The first kappa shape index (κ1) is 29.1. The molecule has 0 spiro atoms. The summed E-state index contributed by atoms with van der Waals surface area (Å²) in [6.45, 7) is 8.89. The Morgan fingerprint density at radius 1 is 1.16 bits per heavy atom. The number of ether oxygens (including phenoxy) is 1. The number of hydrogen-bond donors (Lipinski definition) is 2. The lowest BCUT2D eigenvalue weighted by Gasteiger charge is -2.16. The normalized spacial score (nSPS) is 13.1. The molecule has 13 heteroatoms. The molecule has 1 aromatic heterocycles. The maximum atomic E-state index is 13.2. The zero-order valence-electron chi connectivity index (χ0n) is 21.7. The smallest absolute Gasteiger partial charge is 0.272 e. The Morgan fingerprint density at radius 2 is 1.84 bits per heavy atom. The molecule has 1 amide bonds. The van der Waals surface area contributed by atoms with Crippen LogP contribution in [0.4, 0.5) is 5.69 Å². The van der Waals surface area contributed by atoms with Gasteiger partial charge in [0.2, 0.25) is 15.9 Å². The second-order valence-electron chi connectivity index (χ2n) is 8.87. The van der Waals surface area contributed by atoms with Crippen molar-refractivity contribution in [3.63, 3.8) is 0 Å². The molecule has 0 saturated carbocycles. The fourth-order valence-corrected chi connectivity index (χ4v) is 5.07. The van der Waals surface area contributed by atoms with Gasteiger partial charge in [0.15, 0.2) is 5.69 Å². The number of nitro benzene ring substituents is 1. The Kier molecular flexibility index (Phi) is 9.13. The molecule has 1 heterocycles. The van der Waals surface area contributed by atoms with Gasteiger partial charge in [0.1, 0.15) is 10.6 Å². The molecule has 0 saturated heterocycles. The predicted molar refractivity (Wildman–Crippen MR) is 144 cm³/mol. The average molecular weight is 564 g/mol. The summed E-state index contributed by atoms with van der Waals surface area (Å²) in [5, 5.41) is 19.1. The Hall–Kier alpha value is -3.48. The van der Waals surface area contributed by atoms with Crippen LogP contribution in [0.25, 0.3) is 5.69 Å². The van der Waals surface area contributed by atoms with E-state index in [1.54, 1.807) is 45.0 Å². The van der Waals surface area contributed by atoms with E-state index in [0.29, 0.717) is 29.1 Å². The van der Waals surface area contributed by atoms with E-state index in [4.69, 9.17) is 16.3 Å². The molecule has 2 atom stereocenters. The third-order valence-electron chi connectivity index (χ3n) is 5.93. The first-order valence-corrected chi connectivity index (χ1v) is 13.9. The van der Waals surface area contributed by atoms with Gasteiger partial charge in [-0.25, -0.2) is 13.1 Å². The summed E-state index contributed by atoms with van der Waals surface area (Å²) in [7, 11) is -4.21. The molecular weight excluding hydrogens is 534 g/mol. The number of amides is 1. The summed E-state index contributed by atoms with van der Waals surface area (Å²) >= 11 is 6.19. The van der Waals surface area contributed by atoms with Gasteiger partial charge in [-0.2, -0.15) is 9.78 Å². The number of carbonyl (C=O) groups excluding carboxylic acids is 1. The van der Waals surface area contributed by atoms with Gasteiger partial charge in [-0.15, -0.1) is 0 Å². The Bertz CT molecular complexity index is 1460. The topological polar surface area (TPSA) is 145 Å². The van der Waals surface area contributed by atoms with Crippen LogP contribution < -0.4 is 14.8 Å². The summed E-state index contributed by atoms with van der Waals surface area (Å²) < 4.78 is 36.4. The number of aromatic nitrogens is 2. The summed E-state index contributed by atoms with van der Waals surface area (Å²) in [4.78, 5) is 23.3. The van der Waals surface area contributed by atoms with Gasteiger partial charge in [0, 0.05) is 34.8 Å². The van der Waals surface area contributed by atoms with Crippen molar-refractivity contribution in [2.45, 2.75) is 64.4 Å². The lowest BCUT2D eigenvalue weighted by atomic mass is 10.2. The monoisotopic (exact) mass is 563 g/mol. The zero-order chi connectivity index (χ0) is 28.2. The molecule has 3 rings (SSSR count). The van der Waals surface area contributed by atoms with Gasteiger partial charge < -0.3 is 10.1 Å². The molecule has 2 N–H and O–H groups in total. The molecule has 3 aromatic rings. The first-order chi connectivity index (χ1) is 17.9. The van der Waals surface area contributed by atoms with Gasteiger partial charge in [-0.05, 0) is 57.9 Å². The molecule has 0 aliphatic heterocycles. The highest BCUT2D eigenvalue weighted by Crippen LogP contribution is 2.36. The van der Waals surface area contributed by atoms with E-state index in [1.165, 1.54) is 10.7 Å². The number of carbonyl (C=O) groups is 1. The number of nitro groups is 1. The molecule has 0 bridgehead atoms. The molecule has 0 aliphatic rings. The second kappa shape index (κ2) is 11.9. The van der Waals surface area contributed by atoms with Gasteiger partial charge in [-0.1, -0.05) is 31.5 Å². The lowest BCUT2D eigenvalue weighted by Crippen LogP contribution is -2.32. The molecule has 0 radical (unpaired) electrons. The quantitative estimate of drug-likeness (QED) is 0.242. The fraction of sp³-hybridized carbons (Fsp3) is 0.360. The number of nitrogens with one attached hydrogen (secondary N) is 2. The third kappa shape index (κ3) is 6.50. The van der Waals surface area contributed by atoms with E-state index in [0.717, 1.165) is 12.1 Å². The number of halogens is 1. The lowest BCUT2D eigenvalue weighted by molar-refractivity contribution is -0.385. The molecule has 0 fully saturated rings. The van der Waals surface area contributed by atoms with Crippen LogP contribution in [0.1, 0.15) is 56.6 Å². The third-order valence-corrected chi connectivity index (χ3v) is 7.77. The SMILES string of the molecule is CC[C@@H](C)NS(=O)(=O)c1cc([N+](=O)[O-])ccc1Oc1c(C)c(C(=O)N[C@@H](C)CC)nn1-c1cccc(Cl)c1. The van der Waals surface area contributed by atoms with Crippen molar-refractivity contribution in [2.24, 2.45) is 0 Å². The highest BCUT2D eigenvalue weighted by atomic mass is 35.5. The molecule has 38 heavy (non-hydrogen) atoms. The van der Waals surface area contributed by atoms with Crippen molar-refractivity contribution in [1.29, 1.82) is 0 Å². The van der Waals surface area contributed by atoms with Crippen LogP contribution in [-0.4, -0.2) is 41.1 Å². The molecule has 0 aliphatic carbocycles. The first-order valence-electron chi connectivity index (χ1n) is 12.0. The molecule has 204 valence electrons. The van der Waals surface area contributed by atoms with Gasteiger partial charge in [0.05, 0.1) is 10.6 Å². The zero-order valence-corrected chi connectivity index (χ0v) is 23.3. The maximum absolute atomic E-state index is 13.2. The summed E-state index contributed by atoms with van der Waals surface area (Å²) in [6.07, 6.45) is 1.20. The van der Waals surface area contributed by atoms with Gasteiger partial charge in [-0.3, -0.25) is 14.9 Å². The Balaban J connectivity index is 2.20. The number of nitrogens with zero attached hydrogens (tertiary/aromatic N) is 3. The molecule has 0 unspecified atom stereocenters. The van der Waals surface area contributed by atoms with E-state index in [-0.39, 0.29) is 23.4 Å². The van der Waals surface area contributed by atoms with Crippen molar-refractivity contribution in [1.82, 2.24) is 19.8 Å². The number of sulfonamides is 1. The summed E-state index contributed by atoms with van der Waals surface area (Å²) in [5.74, 6) is -0.556.